The number of carbonyl (C=O) groups is 2. The predicted octanol–water partition coefficient (Wildman–Crippen LogP) is 2.25. The fraction of sp³-hybridized carbons (Fsp3) is 0.364. The molecule has 1 heterocycles. The van der Waals surface area contributed by atoms with Gasteiger partial charge in [-0.05, 0) is 43.5 Å². The summed E-state index contributed by atoms with van der Waals surface area (Å²) in [6.07, 6.45) is 1.83. The molecule has 0 saturated carbocycles. The zero-order chi connectivity index (χ0) is 20.1. The summed E-state index contributed by atoms with van der Waals surface area (Å²) < 4.78 is 5.39. The van der Waals surface area contributed by atoms with E-state index >= 15 is 0 Å². The van der Waals surface area contributed by atoms with Crippen molar-refractivity contribution in [3.8, 4) is 5.75 Å². The molecule has 1 aliphatic rings. The minimum absolute atomic E-state index is 0.0114. The highest BCUT2D eigenvalue weighted by Gasteiger charge is 2.33. The summed E-state index contributed by atoms with van der Waals surface area (Å²) in [5.74, 6) is 0.00560. The van der Waals surface area contributed by atoms with Crippen LogP contribution < -0.4 is 20.7 Å². The van der Waals surface area contributed by atoms with Crippen LogP contribution in [0.4, 0.5) is 5.69 Å². The lowest BCUT2D eigenvalue weighted by Crippen LogP contribution is -2.44. The van der Waals surface area contributed by atoms with Crippen molar-refractivity contribution >= 4 is 17.5 Å². The van der Waals surface area contributed by atoms with Gasteiger partial charge in [0.2, 0.25) is 11.8 Å². The molecule has 2 amide bonds. The molecule has 3 rings (SSSR count). The average Bonchev–Trinajstić information content (AvgIpc) is 2.83. The van der Waals surface area contributed by atoms with Gasteiger partial charge in [-0.25, -0.2) is 0 Å². The quantitative estimate of drug-likeness (QED) is 0.770. The van der Waals surface area contributed by atoms with Gasteiger partial charge in [0.25, 0.3) is 0 Å². The van der Waals surface area contributed by atoms with Crippen molar-refractivity contribution in [2.45, 2.75) is 31.8 Å². The van der Waals surface area contributed by atoms with E-state index in [2.05, 4.69) is 5.32 Å². The highest BCUT2D eigenvalue weighted by atomic mass is 16.5. The third-order valence-electron chi connectivity index (χ3n) is 5.36. The molecule has 0 bridgehead atoms. The van der Waals surface area contributed by atoms with E-state index in [1.807, 2.05) is 53.4 Å². The number of anilines is 1. The number of likely N-dealkylation sites (N-methyl/N-ethyl adjacent to an activating group) is 1. The van der Waals surface area contributed by atoms with E-state index in [-0.39, 0.29) is 11.8 Å². The van der Waals surface area contributed by atoms with Gasteiger partial charge >= 0.3 is 0 Å². The van der Waals surface area contributed by atoms with Gasteiger partial charge in [-0.3, -0.25) is 9.59 Å². The highest BCUT2D eigenvalue weighted by Crippen LogP contribution is 2.35. The van der Waals surface area contributed by atoms with Crippen molar-refractivity contribution in [2.75, 3.05) is 19.1 Å². The Morgan fingerprint density at radius 1 is 1.29 bits per heavy atom. The summed E-state index contributed by atoms with van der Waals surface area (Å²) in [5.41, 5.74) is 8.51. The summed E-state index contributed by atoms with van der Waals surface area (Å²) in [5, 5.41) is 2.93. The van der Waals surface area contributed by atoms with Gasteiger partial charge in [-0.2, -0.15) is 0 Å². The fourth-order valence-corrected chi connectivity index (χ4v) is 3.73. The lowest BCUT2D eigenvalue weighted by Gasteiger charge is -2.27. The van der Waals surface area contributed by atoms with Gasteiger partial charge in [-0.1, -0.05) is 36.4 Å². The van der Waals surface area contributed by atoms with Crippen molar-refractivity contribution < 1.29 is 14.3 Å². The Labute approximate surface area is 165 Å². The van der Waals surface area contributed by atoms with Gasteiger partial charge < -0.3 is 20.7 Å². The molecule has 0 saturated heterocycles. The highest BCUT2D eigenvalue weighted by molar-refractivity contribution is 5.97. The molecule has 0 aliphatic carbocycles. The van der Waals surface area contributed by atoms with Gasteiger partial charge in [0.1, 0.15) is 5.75 Å². The van der Waals surface area contributed by atoms with Crippen LogP contribution >= 0.6 is 0 Å². The van der Waals surface area contributed by atoms with Crippen molar-refractivity contribution in [3.63, 3.8) is 0 Å². The maximum Gasteiger partial charge on any atom is 0.234 e. The Hall–Kier alpha value is -2.86. The Bertz CT molecular complexity index is 838. The second-order valence-corrected chi connectivity index (χ2v) is 7.12. The standard InChI is InChI=1S/C22H27N3O3/c1-24-19(21(23)26)12-17-9-8-16-10-11-18(28-2)13-20(16)25(22(17)27)14-15-6-4-3-5-7-15/h3-7,10-11,13,17,19,24H,8-9,12,14H2,1-2H3,(H2,23,26)/t17-,19-/m0/s1. The number of fused-ring (bicyclic) bond motifs is 1. The number of hydrogen-bond donors (Lipinski definition) is 2. The molecule has 0 unspecified atom stereocenters. The normalized spacial score (nSPS) is 17.6. The number of hydrogen-bond acceptors (Lipinski definition) is 4. The molecule has 6 heteroatoms. The zero-order valence-corrected chi connectivity index (χ0v) is 16.4. The van der Waals surface area contributed by atoms with E-state index in [1.54, 1.807) is 14.2 Å². The monoisotopic (exact) mass is 381 g/mol. The van der Waals surface area contributed by atoms with E-state index in [0.29, 0.717) is 25.1 Å². The van der Waals surface area contributed by atoms with Crippen LogP contribution in [0.15, 0.2) is 48.5 Å². The molecule has 2 aromatic rings. The number of ether oxygens (including phenoxy) is 1. The van der Waals surface area contributed by atoms with E-state index in [9.17, 15) is 9.59 Å². The number of amides is 2. The van der Waals surface area contributed by atoms with Gasteiger partial charge in [0, 0.05) is 12.0 Å². The summed E-state index contributed by atoms with van der Waals surface area (Å²) in [7, 11) is 3.31. The van der Waals surface area contributed by atoms with Gasteiger partial charge in [0.05, 0.1) is 25.4 Å². The van der Waals surface area contributed by atoms with Crippen LogP contribution in [0.25, 0.3) is 0 Å². The number of rotatable bonds is 7. The Kier molecular flexibility index (Phi) is 6.31. The van der Waals surface area contributed by atoms with Crippen LogP contribution in [0.1, 0.15) is 24.0 Å². The number of nitrogens with zero attached hydrogens (tertiary/aromatic N) is 1. The largest absolute Gasteiger partial charge is 0.497 e. The van der Waals surface area contributed by atoms with Crippen LogP contribution in [0.5, 0.6) is 5.75 Å². The molecule has 3 N–H and O–H groups in total. The van der Waals surface area contributed by atoms with Crippen molar-refractivity contribution in [2.24, 2.45) is 11.7 Å². The van der Waals surface area contributed by atoms with Crippen molar-refractivity contribution in [1.29, 1.82) is 0 Å². The molecule has 2 atom stereocenters. The molecule has 2 aromatic carbocycles. The molecule has 6 nitrogen and oxygen atoms in total. The first kappa shape index (κ1) is 19.9. The summed E-state index contributed by atoms with van der Waals surface area (Å²) >= 11 is 0. The number of nitrogens with two attached hydrogens (primary N) is 1. The lowest BCUT2D eigenvalue weighted by atomic mass is 9.93. The molecule has 1 aliphatic heterocycles. The third kappa shape index (κ3) is 4.34. The van der Waals surface area contributed by atoms with E-state index in [0.717, 1.165) is 23.2 Å². The second kappa shape index (κ2) is 8.89. The SMILES string of the molecule is CN[C@@H](C[C@@H]1CCc2ccc(OC)cc2N(Cc2ccccc2)C1=O)C(N)=O. The molecule has 0 aromatic heterocycles. The Morgan fingerprint density at radius 3 is 2.68 bits per heavy atom. The maximum atomic E-state index is 13.5. The zero-order valence-electron chi connectivity index (χ0n) is 16.4. The summed E-state index contributed by atoms with van der Waals surface area (Å²) in [4.78, 5) is 27.0. The minimum atomic E-state index is -0.525. The summed E-state index contributed by atoms with van der Waals surface area (Å²) in [6.45, 7) is 0.469. The number of nitrogens with one attached hydrogen (secondary N) is 1. The molecule has 0 radical (unpaired) electrons. The van der Waals surface area contributed by atoms with Crippen molar-refractivity contribution in [1.82, 2.24) is 5.32 Å². The third-order valence-corrected chi connectivity index (χ3v) is 5.36. The van der Waals surface area contributed by atoms with Crippen molar-refractivity contribution in [3.05, 3.63) is 59.7 Å². The Morgan fingerprint density at radius 2 is 2.04 bits per heavy atom. The topological polar surface area (TPSA) is 84.7 Å². The minimum Gasteiger partial charge on any atom is -0.497 e. The maximum absolute atomic E-state index is 13.5. The Balaban J connectivity index is 1.97. The number of primary amides is 1. The molecular formula is C22H27N3O3. The van der Waals surface area contributed by atoms with Gasteiger partial charge in [0.15, 0.2) is 0 Å². The average molecular weight is 381 g/mol. The first-order valence-electron chi connectivity index (χ1n) is 9.52. The van der Waals surface area contributed by atoms with Gasteiger partial charge in [-0.15, -0.1) is 0 Å². The molecule has 148 valence electrons. The first-order valence-corrected chi connectivity index (χ1v) is 9.52. The van der Waals surface area contributed by atoms with E-state index in [1.165, 1.54) is 0 Å². The summed E-state index contributed by atoms with van der Waals surface area (Å²) in [6, 6.07) is 15.2. The second-order valence-electron chi connectivity index (χ2n) is 7.12. The molecule has 28 heavy (non-hydrogen) atoms. The van der Waals surface area contributed by atoms with Crippen LogP contribution in [-0.2, 0) is 22.6 Å². The molecular weight excluding hydrogens is 354 g/mol. The molecule has 0 fully saturated rings. The number of methoxy groups -OCH3 is 1. The predicted molar refractivity (Wildman–Crippen MR) is 109 cm³/mol. The van der Waals surface area contributed by atoms with Crippen LogP contribution in [0, 0.1) is 5.92 Å². The van der Waals surface area contributed by atoms with E-state index in [4.69, 9.17) is 10.5 Å². The fourth-order valence-electron chi connectivity index (χ4n) is 3.73. The van der Waals surface area contributed by atoms with E-state index < -0.39 is 11.9 Å². The first-order chi connectivity index (χ1) is 13.5. The number of carbonyl (C=O) groups excluding carboxylic acids is 2. The smallest absolute Gasteiger partial charge is 0.234 e. The number of aryl methyl sites for hydroxylation is 1. The van der Waals surface area contributed by atoms with Crippen LogP contribution in [0.3, 0.4) is 0 Å². The number of benzene rings is 2. The van der Waals surface area contributed by atoms with Crippen LogP contribution in [-0.4, -0.2) is 32.0 Å². The van der Waals surface area contributed by atoms with Crippen LogP contribution in [0.2, 0.25) is 0 Å². The molecule has 0 spiro atoms. The lowest BCUT2D eigenvalue weighted by molar-refractivity contribution is -0.124.